The van der Waals surface area contributed by atoms with Gasteiger partial charge in [-0.15, -0.1) is 0 Å². The maximum Gasteiger partial charge on any atom is 0.254 e. The van der Waals surface area contributed by atoms with Gasteiger partial charge < -0.3 is 5.32 Å². The van der Waals surface area contributed by atoms with Gasteiger partial charge in [-0.05, 0) is 47.2 Å². The summed E-state index contributed by atoms with van der Waals surface area (Å²) < 4.78 is 14.1. The molecular formula is C14H19BrFNOS. The highest BCUT2D eigenvalue weighted by molar-refractivity contribution is 9.10. The first-order chi connectivity index (χ1) is 8.99. The molecule has 106 valence electrons. The Morgan fingerprint density at radius 3 is 2.58 bits per heavy atom. The molecule has 0 aliphatic carbocycles. The summed E-state index contributed by atoms with van der Waals surface area (Å²) in [5, 5.41) is 2.84. The van der Waals surface area contributed by atoms with Crippen LogP contribution in [0.15, 0.2) is 22.7 Å². The third-order valence-electron chi connectivity index (χ3n) is 3.49. The van der Waals surface area contributed by atoms with Crippen LogP contribution in [0.2, 0.25) is 0 Å². The SMILES string of the molecule is CCC(CC)(CNC(=O)c1cccc(Br)c1F)SC. The van der Waals surface area contributed by atoms with Crippen molar-refractivity contribution in [1.82, 2.24) is 5.32 Å². The molecule has 1 aromatic rings. The van der Waals surface area contributed by atoms with Crippen LogP contribution in [0.4, 0.5) is 4.39 Å². The zero-order chi connectivity index (χ0) is 14.5. The van der Waals surface area contributed by atoms with E-state index in [9.17, 15) is 9.18 Å². The van der Waals surface area contributed by atoms with Crippen LogP contribution in [-0.4, -0.2) is 23.5 Å². The molecule has 0 saturated heterocycles. The molecule has 19 heavy (non-hydrogen) atoms. The van der Waals surface area contributed by atoms with Gasteiger partial charge in [0.15, 0.2) is 0 Å². The van der Waals surface area contributed by atoms with Crippen LogP contribution < -0.4 is 5.32 Å². The minimum atomic E-state index is -0.511. The summed E-state index contributed by atoms with van der Waals surface area (Å²) >= 11 is 4.83. The lowest BCUT2D eigenvalue weighted by Gasteiger charge is -2.29. The minimum Gasteiger partial charge on any atom is -0.351 e. The lowest BCUT2D eigenvalue weighted by atomic mass is 10.0. The lowest BCUT2D eigenvalue weighted by Crippen LogP contribution is -2.39. The van der Waals surface area contributed by atoms with Gasteiger partial charge in [-0.2, -0.15) is 11.8 Å². The summed E-state index contributed by atoms with van der Waals surface area (Å²) in [5.74, 6) is -0.873. The van der Waals surface area contributed by atoms with Crippen LogP contribution in [-0.2, 0) is 0 Å². The molecule has 0 aliphatic heterocycles. The molecule has 0 unspecified atom stereocenters. The summed E-state index contributed by atoms with van der Waals surface area (Å²) in [5.41, 5.74) is 0.0802. The summed E-state index contributed by atoms with van der Waals surface area (Å²) in [6.07, 6.45) is 3.97. The second-order valence-electron chi connectivity index (χ2n) is 4.38. The predicted octanol–water partition coefficient (Wildman–Crippen LogP) is 4.24. The average molecular weight is 348 g/mol. The Morgan fingerprint density at radius 1 is 1.42 bits per heavy atom. The number of carbonyl (C=O) groups excluding carboxylic acids is 1. The van der Waals surface area contributed by atoms with E-state index in [4.69, 9.17) is 0 Å². The van der Waals surface area contributed by atoms with E-state index < -0.39 is 5.82 Å². The van der Waals surface area contributed by atoms with Gasteiger partial charge in [0.1, 0.15) is 5.82 Å². The number of amides is 1. The quantitative estimate of drug-likeness (QED) is 0.833. The Balaban J connectivity index is 2.78. The van der Waals surface area contributed by atoms with Crippen LogP contribution >= 0.6 is 27.7 Å². The van der Waals surface area contributed by atoms with E-state index in [0.29, 0.717) is 11.0 Å². The molecule has 0 atom stereocenters. The molecule has 5 heteroatoms. The van der Waals surface area contributed by atoms with E-state index in [1.54, 1.807) is 23.9 Å². The third kappa shape index (κ3) is 3.96. The first kappa shape index (κ1) is 16.5. The topological polar surface area (TPSA) is 29.1 Å². The number of halogens is 2. The summed E-state index contributed by atoms with van der Waals surface area (Å²) in [4.78, 5) is 12.0. The smallest absolute Gasteiger partial charge is 0.254 e. The van der Waals surface area contributed by atoms with E-state index in [2.05, 4.69) is 35.1 Å². The van der Waals surface area contributed by atoms with Crippen molar-refractivity contribution in [2.45, 2.75) is 31.4 Å². The fraction of sp³-hybridized carbons (Fsp3) is 0.500. The molecule has 2 nitrogen and oxygen atoms in total. The van der Waals surface area contributed by atoms with Crippen LogP contribution in [0.1, 0.15) is 37.0 Å². The number of rotatable bonds is 6. The summed E-state index contributed by atoms with van der Waals surface area (Å²) in [6.45, 7) is 4.75. The molecule has 0 saturated carbocycles. The maximum absolute atomic E-state index is 13.8. The molecule has 0 aromatic heterocycles. The number of hydrogen-bond donors (Lipinski definition) is 1. The molecule has 0 bridgehead atoms. The standard InChI is InChI=1S/C14H19BrFNOS/c1-4-14(5-2,19-3)9-17-13(18)10-7-6-8-11(15)12(10)16/h6-8H,4-5,9H2,1-3H3,(H,17,18). The molecule has 0 fully saturated rings. The molecule has 1 aromatic carbocycles. The zero-order valence-electron chi connectivity index (χ0n) is 11.4. The van der Waals surface area contributed by atoms with Gasteiger partial charge in [0.05, 0.1) is 10.0 Å². The Kier molecular flexibility index (Phi) is 6.33. The van der Waals surface area contributed by atoms with Crippen LogP contribution in [0.25, 0.3) is 0 Å². The highest BCUT2D eigenvalue weighted by Gasteiger charge is 2.26. The van der Waals surface area contributed by atoms with Crippen molar-refractivity contribution in [2.75, 3.05) is 12.8 Å². The highest BCUT2D eigenvalue weighted by atomic mass is 79.9. The molecule has 0 aliphatic rings. The number of benzene rings is 1. The van der Waals surface area contributed by atoms with Gasteiger partial charge in [0, 0.05) is 11.3 Å². The molecule has 1 amide bonds. The van der Waals surface area contributed by atoms with Gasteiger partial charge >= 0.3 is 0 Å². The van der Waals surface area contributed by atoms with Crippen LogP contribution in [0, 0.1) is 5.82 Å². The largest absolute Gasteiger partial charge is 0.351 e. The molecule has 0 spiro atoms. The zero-order valence-corrected chi connectivity index (χ0v) is 13.8. The monoisotopic (exact) mass is 347 g/mol. The first-order valence-corrected chi connectivity index (χ1v) is 8.28. The van der Waals surface area contributed by atoms with Crippen molar-refractivity contribution in [3.8, 4) is 0 Å². The number of carbonyl (C=O) groups is 1. The first-order valence-electron chi connectivity index (χ1n) is 6.27. The van der Waals surface area contributed by atoms with E-state index in [0.717, 1.165) is 12.8 Å². The molecule has 0 heterocycles. The lowest BCUT2D eigenvalue weighted by molar-refractivity contribution is 0.0944. The van der Waals surface area contributed by atoms with Gasteiger partial charge in [-0.3, -0.25) is 4.79 Å². The average Bonchev–Trinajstić information content (AvgIpc) is 2.44. The minimum absolute atomic E-state index is 0.0259. The van der Waals surface area contributed by atoms with E-state index in [-0.39, 0.29) is 16.2 Å². The molecule has 0 radical (unpaired) electrons. The maximum atomic E-state index is 13.8. The van der Waals surface area contributed by atoms with Crippen molar-refractivity contribution >= 4 is 33.6 Å². The number of nitrogens with one attached hydrogen (secondary N) is 1. The second kappa shape index (κ2) is 7.29. The van der Waals surface area contributed by atoms with Gasteiger partial charge in [0.2, 0.25) is 0 Å². The van der Waals surface area contributed by atoms with Gasteiger partial charge in [-0.25, -0.2) is 4.39 Å². The van der Waals surface area contributed by atoms with Crippen molar-refractivity contribution in [3.05, 3.63) is 34.1 Å². The second-order valence-corrected chi connectivity index (χ2v) is 6.51. The van der Waals surface area contributed by atoms with Crippen LogP contribution in [0.3, 0.4) is 0 Å². The Hall–Kier alpha value is -0.550. The van der Waals surface area contributed by atoms with Crippen molar-refractivity contribution < 1.29 is 9.18 Å². The highest BCUT2D eigenvalue weighted by Crippen LogP contribution is 2.29. The molecule has 1 rings (SSSR count). The Morgan fingerprint density at radius 2 is 2.05 bits per heavy atom. The van der Waals surface area contributed by atoms with E-state index in [1.807, 2.05) is 6.26 Å². The predicted molar refractivity (Wildman–Crippen MR) is 83.3 cm³/mol. The van der Waals surface area contributed by atoms with E-state index >= 15 is 0 Å². The molecule has 1 N–H and O–H groups in total. The summed E-state index contributed by atoms with van der Waals surface area (Å²) in [7, 11) is 0. The van der Waals surface area contributed by atoms with Crippen molar-refractivity contribution in [3.63, 3.8) is 0 Å². The number of hydrogen-bond acceptors (Lipinski definition) is 2. The Labute approximate surface area is 126 Å². The van der Waals surface area contributed by atoms with E-state index in [1.165, 1.54) is 6.07 Å². The van der Waals surface area contributed by atoms with Crippen LogP contribution in [0.5, 0.6) is 0 Å². The summed E-state index contributed by atoms with van der Waals surface area (Å²) in [6, 6.07) is 4.73. The third-order valence-corrected chi connectivity index (χ3v) is 5.69. The van der Waals surface area contributed by atoms with Crippen molar-refractivity contribution in [2.24, 2.45) is 0 Å². The fourth-order valence-corrected chi connectivity index (χ4v) is 3.04. The fourth-order valence-electron chi connectivity index (χ4n) is 1.88. The van der Waals surface area contributed by atoms with Gasteiger partial charge in [-0.1, -0.05) is 19.9 Å². The normalized spacial score (nSPS) is 11.4. The Bertz CT molecular complexity index is 441. The van der Waals surface area contributed by atoms with Gasteiger partial charge in [0.25, 0.3) is 5.91 Å². The number of thioether (sulfide) groups is 1. The molecular weight excluding hydrogens is 329 g/mol. The van der Waals surface area contributed by atoms with Crippen molar-refractivity contribution in [1.29, 1.82) is 0 Å².